The first-order valence-corrected chi connectivity index (χ1v) is 10.9. The van der Waals surface area contributed by atoms with E-state index in [1.54, 1.807) is 43.4 Å². The number of hydrogen-bond acceptors (Lipinski definition) is 5. The third kappa shape index (κ3) is 4.05. The van der Waals surface area contributed by atoms with E-state index in [0.29, 0.717) is 34.8 Å². The zero-order valence-electron chi connectivity index (χ0n) is 15.3. The van der Waals surface area contributed by atoms with Crippen LogP contribution in [0.15, 0.2) is 40.6 Å². The number of anilines is 1. The molecular formula is C19H21N3O3S2. The van der Waals surface area contributed by atoms with Gasteiger partial charge in [-0.25, -0.2) is 8.42 Å². The summed E-state index contributed by atoms with van der Waals surface area (Å²) in [5.41, 5.74) is 1.11. The van der Waals surface area contributed by atoms with Crippen LogP contribution in [0.4, 0.5) is 5.69 Å². The van der Waals surface area contributed by atoms with Crippen LogP contribution >= 0.6 is 11.3 Å². The van der Waals surface area contributed by atoms with Crippen LogP contribution in [0.1, 0.15) is 23.3 Å². The van der Waals surface area contributed by atoms with Crippen molar-refractivity contribution >= 4 is 33.0 Å². The number of nitriles is 1. The van der Waals surface area contributed by atoms with Crippen molar-refractivity contribution in [3.05, 3.63) is 46.8 Å². The van der Waals surface area contributed by atoms with Crippen LogP contribution in [-0.2, 0) is 14.8 Å². The van der Waals surface area contributed by atoms with Gasteiger partial charge in [0.05, 0.1) is 17.6 Å². The Morgan fingerprint density at radius 3 is 2.78 bits per heavy atom. The quantitative estimate of drug-likeness (QED) is 0.786. The van der Waals surface area contributed by atoms with E-state index in [0.717, 1.165) is 4.88 Å². The third-order valence-electron chi connectivity index (χ3n) is 4.74. The van der Waals surface area contributed by atoms with E-state index in [4.69, 9.17) is 5.26 Å². The predicted octanol–water partition coefficient (Wildman–Crippen LogP) is 2.99. The lowest BCUT2D eigenvalue weighted by Gasteiger charge is -2.33. The lowest BCUT2D eigenvalue weighted by molar-refractivity contribution is -0.123. The van der Waals surface area contributed by atoms with Gasteiger partial charge in [-0.3, -0.25) is 4.79 Å². The summed E-state index contributed by atoms with van der Waals surface area (Å²) in [6, 6.07) is 12.3. The van der Waals surface area contributed by atoms with Crippen molar-refractivity contribution < 1.29 is 13.2 Å². The van der Waals surface area contributed by atoms with Gasteiger partial charge in [0.2, 0.25) is 5.91 Å². The molecule has 27 heavy (non-hydrogen) atoms. The maximum absolute atomic E-state index is 12.9. The molecule has 1 saturated heterocycles. The van der Waals surface area contributed by atoms with Crippen LogP contribution in [0.25, 0.3) is 0 Å². The summed E-state index contributed by atoms with van der Waals surface area (Å²) in [7, 11) is -1.91. The van der Waals surface area contributed by atoms with E-state index >= 15 is 0 Å². The fraction of sp³-hybridized carbons (Fsp3) is 0.368. The second-order valence-corrected chi connectivity index (χ2v) is 10.1. The fourth-order valence-electron chi connectivity index (χ4n) is 3.23. The molecule has 0 N–H and O–H groups in total. The number of aryl methyl sites for hydroxylation is 1. The molecule has 3 rings (SSSR count). The number of amides is 1. The fourth-order valence-corrected chi connectivity index (χ4v) is 6.19. The van der Waals surface area contributed by atoms with Gasteiger partial charge in [0.25, 0.3) is 10.0 Å². The van der Waals surface area contributed by atoms with E-state index in [9.17, 15) is 13.2 Å². The van der Waals surface area contributed by atoms with Crippen LogP contribution in [0, 0.1) is 24.2 Å². The number of sulfonamides is 1. The van der Waals surface area contributed by atoms with Crippen LogP contribution in [0.2, 0.25) is 0 Å². The van der Waals surface area contributed by atoms with Crippen LogP contribution < -0.4 is 4.90 Å². The monoisotopic (exact) mass is 403 g/mol. The Kier molecular flexibility index (Phi) is 5.65. The van der Waals surface area contributed by atoms with Crippen molar-refractivity contribution in [2.45, 2.75) is 24.0 Å². The first kappa shape index (κ1) is 19.5. The highest BCUT2D eigenvalue weighted by molar-refractivity contribution is 7.91. The minimum Gasteiger partial charge on any atom is -0.315 e. The van der Waals surface area contributed by atoms with Crippen LogP contribution in [-0.4, -0.2) is 38.8 Å². The van der Waals surface area contributed by atoms with Crippen molar-refractivity contribution in [1.29, 1.82) is 5.26 Å². The molecule has 1 fully saturated rings. The minimum absolute atomic E-state index is 0.132. The third-order valence-corrected chi connectivity index (χ3v) is 8.07. The van der Waals surface area contributed by atoms with Gasteiger partial charge in [-0.15, -0.1) is 11.3 Å². The van der Waals surface area contributed by atoms with Crippen molar-refractivity contribution in [3.63, 3.8) is 0 Å². The Hall–Kier alpha value is -2.21. The molecule has 1 unspecified atom stereocenters. The molecule has 1 aliphatic rings. The standard InChI is InChI=1S/C19H21N3O3S2/c1-14-8-9-18(26-14)27(24,25)22-10-4-6-16(13-22)19(23)21(2)17-7-3-5-15(11-17)12-20/h3,5,7-9,11,16H,4,6,10,13H2,1-2H3. The highest BCUT2D eigenvalue weighted by Crippen LogP contribution is 2.29. The molecule has 1 atom stereocenters. The van der Waals surface area contributed by atoms with Gasteiger partial charge in [0.1, 0.15) is 4.21 Å². The predicted molar refractivity (Wildman–Crippen MR) is 105 cm³/mol. The van der Waals surface area contributed by atoms with E-state index in [1.807, 2.05) is 6.92 Å². The Morgan fingerprint density at radius 2 is 2.11 bits per heavy atom. The van der Waals surface area contributed by atoms with E-state index < -0.39 is 15.9 Å². The second kappa shape index (κ2) is 7.80. The smallest absolute Gasteiger partial charge is 0.252 e. The van der Waals surface area contributed by atoms with E-state index in [1.165, 1.54) is 20.5 Å². The molecule has 0 spiro atoms. The van der Waals surface area contributed by atoms with Gasteiger partial charge in [-0.1, -0.05) is 6.07 Å². The van der Waals surface area contributed by atoms with Gasteiger partial charge in [-0.2, -0.15) is 9.57 Å². The SMILES string of the molecule is Cc1ccc(S(=O)(=O)N2CCCC(C(=O)N(C)c3cccc(C#N)c3)C2)s1. The van der Waals surface area contributed by atoms with E-state index in [-0.39, 0.29) is 12.5 Å². The summed E-state index contributed by atoms with van der Waals surface area (Å²) in [6.07, 6.45) is 1.29. The Bertz CT molecular complexity index is 992. The van der Waals surface area contributed by atoms with Gasteiger partial charge in [0.15, 0.2) is 0 Å². The molecule has 8 heteroatoms. The molecule has 1 amide bonds. The summed E-state index contributed by atoms with van der Waals surface area (Å²) in [4.78, 5) is 15.4. The maximum atomic E-state index is 12.9. The summed E-state index contributed by atoms with van der Waals surface area (Å²) >= 11 is 1.25. The number of nitrogens with zero attached hydrogens (tertiary/aromatic N) is 3. The average molecular weight is 404 g/mol. The number of piperidine rings is 1. The first-order chi connectivity index (χ1) is 12.8. The molecule has 2 aromatic rings. The molecule has 2 heterocycles. The lowest BCUT2D eigenvalue weighted by atomic mass is 9.98. The molecule has 1 aromatic heterocycles. The Morgan fingerprint density at radius 1 is 1.33 bits per heavy atom. The number of benzene rings is 1. The highest BCUT2D eigenvalue weighted by atomic mass is 32.2. The molecule has 1 aliphatic heterocycles. The zero-order chi connectivity index (χ0) is 19.6. The van der Waals surface area contributed by atoms with Gasteiger partial charge >= 0.3 is 0 Å². The number of thiophene rings is 1. The topological polar surface area (TPSA) is 81.5 Å². The average Bonchev–Trinajstić information content (AvgIpc) is 3.14. The van der Waals surface area contributed by atoms with Gasteiger partial charge in [-0.05, 0) is 50.1 Å². The highest BCUT2D eigenvalue weighted by Gasteiger charge is 2.35. The van der Waals surface area contributed by atoms with E-state index in [2.05, 4.69) is 6.07 Å². The summed E-state index contributed by atoms with van der Waals surface area (Å²) in [5.74, 6) is -0.530. The number of rotatable bonds is 4. The first-order valence-electron chi connectivity index (χ1n) is 8.67. The van der Waals surface area contributed by atoms with Crippen molar-refractivity contribution in [2.75, 3.05) is 25.0 Å². The zero-order valence-corrected chi connectivity index (χ0v) is 16.9. The largest absolute Gasteiger partial charge is 0.315 e. The molecule has 0 aliphatic carbocycles. The molecule has 142 valence electrons. The lowest BCUT2D eigenvalue weighted by Crippen LogP contribution is -2.45. The molecule has 0 radical (unpaired) electrons. The molecule has 0 bridgehead atoms. The number of carbonyl (C=O) groups is 1. The number of carbonyl (C=O) groups excluding carboxylic acids is 1. The van der Waals surface area contributed by atoms with Crippen molar-refractivity contribution in [1.82, 2.24) is 4.31 Å². The maximum Gasteiger partial charge on any atom is 0.252 e. The van der Waals surface area contributed by atoms with Crippen molar-refractivity contribution in [3.8, 4) is 6.07 Å². The normalized spacial score (nSPS) is 18.0. The van der Waals surface area contributed by atoms with Gasteiger partial charge < -0.3 is 4.90 Å². The van der Waals surface area contributed by atoms with Crippen LogP contribution in [0.5, 0.6) is 0 Å². The summed E-state index contributed by atoms with van der Waals surface area (Å²) < 4.78 is 27.5. The summed E-state index contributed by atoms with van der Waals surface area (Å²) in [6.45, 7) is 2.48. The minimum atomic E-state index is -3.57. The summed E-state index contributed by atoms with van der Waals surface area (Å²) in [5, 5.41) is 9.04. The number of hydrogen-bond donors (Lipinski definition) is 0. The molecule has 0 saturated carbocycles. The Labute approximate surface area is 163 Å². The van der Waals surface area contributed by atoms with Crippen LogP contribution in [0.3, 0.4) is 0 Å². The molecule has 6 nitrogen and oxygen atoms in total. The van der Waals surface area contributed by atoms with Gasteiger partial charge in [0, 0.05) is 30.7 Å². The molecule has 1 aromatic carbocycles. The molecular weight excluding hydrogens is 382 g/mol. The Balaban J connectivity index is 1.77. The second-order valence-electron chi connectivity index (χ2n) is 6.63. The van der Waals surface area contributed by atoms with Crippen molar-refractivity contribution in [2.24, 2.45) is 5.92 Å².